The van der Waals surface area contributed by atoms with Gasteiger partial charge >= 0.3 is 6.18 Å². The number of carbonyl (C=O) groups is 2. The number of rotatable bonds is 7. The average Bonchev–Trinajstić information content (AvgIpc) is 3.03. The summed E-state index contributed by atoms with van der Waals surface area (Å²) >= 11 is 0. The maximum absolute atomic E-state index is 13.0. The number of amides is 2. The predicted octanol–water partition coefficient (Wildman–Crippen LogP) is 4.43. The van der Waals surface area contributed by atoms with E-state index in [0.717, 1.165) is 0 Å². The fourth-order valence-corrected chi connectivity index (χ4v) is 3.52. The van der Waals surface area contributed by atoms with Crippen molar-refractivity contribution in [3.05, 3.63) is 46.8 Å². The lowest BCUT2D eigenvalue weighted by Crippen LogP contribution is -2.27. The summed E-state index contributed by atoms with van der Waals surface area (Å²) in [6.45, 7) is 6.10. The SMILES string of the molecule is Cc1cc(C(C)N2Cc3c(ccnc3NC(=O)CC(C)C)C2=O)cnc1OCC(F)(F)F. The molecule has 0 aromatic carbocycles. The molecule has 32 heavy (non-hydrogen) atoms. The molecule has 2 aromatic heterocycles. The minimum Gasteiger partial charge on any atom is -0.468 e. The molecule has 0 spiro atoms. The molecule has 7 nitrogen and oxygen atoms in total. The van der Waals surface area contributed by atoms with Crippen LogP contribution in [0.1, 0.15) is 60.3 Å². The van der Waals surface area contributed by atoms with Gasteiger partial charge in [0.1, 0.15) is 5.82 Å². The molecule has 172 valence electrons. The van der Waals surface area contributed by atoms with Crippen molar-refractivity contribution in [1.82, 2.24) is 14.9 Å². The number of aryl methyl sites for hydroxylation is 1. The van der Waals surface area contributed by atoms with Gasteiger partial charge in [-0.1, -0.05) is 13.8 Å². The van der Waals surface area contributed by atoms with Crippen molar-refractivity contribution in [3.63, 3.8) is 0 Å². The van der Waals surface area contributed by atoms with Gasteiger partial charge in [-0.25, -0.2) is 9.97 Å². The topological polar surface area (TPSA) is 84.4 Å². The number of halogens is 3. The molecule has 1 N–H and O–H groups in total. The van der Waals surface area contributed by atoms with E-state index in [0.29, 0.717) is 34.5 Å². The number of hydrogen-bond donors (Lipinski definition) is 1. The zero-order chi connectivity index (χ0) is 23.6. The molecule has 0 aliphatic carbocycles. The van der Waals surface area contributed by atoms with Crippen LogP contribution in [-0.4, -0.2) is 39.5 Å². The van der Waals surface area contributed by atoms with Crippen molar-refractivity contribution < 1.29 is 27.5 Å². The average molecular weight is 450 g/mol. The standard InChI is InChI=1S/C22H25F3N4O3/c1-12(2)7-18(30)28-19-17-10-29(21(31)16(17)5-6-26-19)14(4)15-8-13(3)20(27-9-15)32-11-22(23,24)25/h5-6,8-9,12,14H,7,10-11H2,1-4H3,(H,26,28,30). The first-order valence-corrected chi connectivity index (χ1v) is 10.2. The van der Waals surface area contributed by atoms with Crippen LogP contribution in [0.25, 0.3) is 0 Å². The summed E-state index contributed by atoms with van der Waals surface area (Å²) in [5.41, 5.74) is 2.19. The summed E-state index contributed by atoms with van der Waals surface area (Å²) in [5, 5.41) is 2.79. The fourth-order valence-electron chi connectivity index (χ4n) is 3.52. The summed E-state index contributed by atoms with van der Waals surface area (Å²) in [6.07, 6.45) is -1.23. The molecule has 1 aliphatic heterocycles. The second kappa shape index (κ2) is 9.13. The summed E-state index contributed by atoms with van der Waals surface area (Å²) < 4.78 is 42.0. The first kappa shape index (κ1) is 23.5. The molecule has 0 bridgehead atoms. The van der Waals surface area contributed by atoms with Crippen LogP contribution in [0.5, 0.6) is 5.88 Å². The van der Waals surface area contributed by atoms with Gasteiger partial charge in [0.15, 0.2) is 6.61 Å². The van der Waals surface area contributed by atoms with Gasteiger partial charge in [0.25, 0.3) is 5.91 Å². The van der Waals surface area contributed by atoms with Crippen molar-refractivity contribution in [3.8, 4) is 5.88 Å². The summed E-state index contributed by atoms with van der Waals surface area (Å²) in [4.78, 5) is 35.0. The molecule has 2 aromatic rings. The number of fused-ring (bicyclic) bond motifs is 1. The normalized spacial score (nSPS) is 14.5. The van der Waals surface area contributed by atoms with E-state index >= 15 is 0 Å². The van der Waals surface area contributed by atoms with Crippen molar-refractivity contribution >= 4 is 17.6 Å². The zero-order valence-electron chi connectivity index (χ0n) is 18.3. The predicted molar refractivity (Wildman–Crippen MR) is 111 cm³/mol. The second-order valence-corrected chi connectivity index (χ2v) is 8.24. The van der Waals surface area contributed by atoms with Crippen molar-refractivity contribution in [2.75, 3.05) is 11.9 Å². The molecule has 0 saturated heterocycles. The highest BCUT2D eigenvalue weighted by Gasteiger charge is 2.34. The lowest BCUT2D eigenvalue weighted by Gasteiger charge is -2.25. The van der Waals surface area contributed by atoms with Crippen LogP contribution in [-0.2, 0) is 11.3 Å². The van der Waals surface area contributed by atoms with E-state index in [1.165, 1.54) is 12.4 Å². The van der Waals surface area contributed by atoms with Gasteiger partial charge in [0.05, 0.1) is 12.6 Å². The van der Waals surface area contributed by atoms with Gasteiger partial charge in [-0.15, -0.1) is 0 Å². The lowest BCUT2D eigenvalue weighted by atomic mass is 10.1. The molecule has 10 heteroatoms. The molecular weight excluding hydrogens is 425 g/mol. The van der Waals surface area contributed by atoms with Crippen LogP contribution >= 0.6 is 0 Å². The molecule has 0 radical (unpaired) electrons. The molecule has 1 unspecified atom stereocenters. The van der Waals surface area contributed by atoms with Gasteiger partial charge in [0, 0.05) is 35.5 Å². The Bertz CT molecular complexity index is 1020. The summed E-state index contributed by atoms with van der Waals surface area (Å²) in [6, 6.07) is 2.86. The molecule has 0 saturated carbocycles. The zero-order valence-corrected chi connectivity index (χ0v) is 18.3. The van der Waals surface area contributed by atoms with Crippen molar-refractivity contribution in [2.24, 2.45) is 5.92 Å². The number of anilines is 1. The largest absolute Gasteiger partial charge is 0.468 e. The number of carbonyl (C=O) groups excluding carboxylic acids is 2. The van der Waals surface area contributed by atoms with E-state index in [-0.39, 0.29) is 30.2 Å². The minimum absolute atomic E-state index is 0.103. The molecule has 0 fully saturated rings. The Morgan fingerprint density at radius 3 is 2.62 bits per heavy atom. The van der Waals surface area contributed by atoms with E-state index in [1.807, 2.05) is 13.8 Å². The van der Waals surface area contributed by atoms with Gasteiger partial charge in [0.2, 0.25) is 11.8 Å². The molecule has 2 amide bonds. The Hall–Kier alpha value is -3.17. The van der Waals surface area contributed by atoms with Crippen LogP contribution in [0.4, 0.5) is 19.0 Å². The molecule has 3 heterocycles. The lowest BCUT2D eigenvalue weighted by molar-refractivity contribution is -0.154. The monoisotopic (exact) mass is 450 g/mol. The molecule has 1 aliphatic rings. The third-order valence-electron chi connectivity index (χ3n) is 5.10. The van der Waals surface area contributed by atoms with Crippen LogP contribution in [0.2, 0.25) is 0 Å². The van der Waals surface area contributed by atoms with E-state index in [4.69, 9.17) is 4.74 Å². The number of hydrogen-bond acceptors (Lipinski definition) is 5. The Labute approximate surface area is 184 Å². The Kier molecular flexibility index (Phi) is 6.71. The van der Waals surface area contributed by atoms with E-state index in [9.17, 15) is 22.8 Å². The Morgan fingerprint density at radius 1 is 1.28 bits per heavy atom. The molecule has 1 atom stereocenters. The maximum Gasteiger partial charge on any atom is 0.422 e. The third kappa shape index (κ3) is 5.35. The number of nitrogens with zero attached hydrogens (tertiary/aromatic N) is 3. The number of pyridine rings is 2. The minimum atomic E-state index is -4.45. The van der Waals surface area contributed by atoms with E-state index in [1.54, 1.807) is 30.9 Å². The van der Waals surface area contributed by atoms with Gasteiger partial charge < -0.3 is 15.0 Å². The van der Waals surface area contributed by atoms with Gasteiger partial charge in [-0.3, -0.25) is 9.59 Å². The van der Waals surface area contributed by atoms with Crippen LogP contribution in [0, 0.1) is 12.8 Å². The fraction of sp³-hybridized carbons (Fsp3) is 0.455. The first-order chi connectivity index (χ1) is 15.0. The number of ether oxygens (including phenoxy) is 1. The summed E-state index contributed by atoms with van der Waals surface area (Å²) in [7, 11) is 0. The van der Waals surface area contributed by atoms with E-state index < -0.39 is 18.8 Å². The number of alkyl halides is 3. The maximum atomic E-state index is 13.0. The van der Waals surface area contributed by atoms with Crippen molar-refractivity contribution in [1.29, 1.82) is 0 Å². The van der Waals surface area contributed by atoms with E-state index in [2.05, 4.69) is 15.3 Å². The second-order valence-electron chi connectivity index (χ2n) is 8.24. The molecular formula is C22H25F3N4O3. The highest BCUT2D eigenvalue weighted by molar-refractivity contribution is 6.01. The number of nitrogens with one attached hydrogen (secondary N) is 1. The number of aromatic nitrogens is 2. The van der Waals surface area contributed by atoms with Crippen LogP contribution in [0.3, 0.4) is 0 Å². The van der Waals surface area contributed by atoms with Crippen LogP contribution in [0.15, 0.2) is 24.5 Å². The smallest absolute Gasteiger partial charge is 0.422 e. The van der Waals surface area contributed by atoms with Crippen LogP contribution < -0.4 is 10.1 Å². The third-order valence-corrected chi connectivity index (χ3v) is 5.10. The highest BCUT2D eigenvalue weighted by Crippen LogP contribution is 2.34. The van der Waals surface area contributed by atoms with Crippen molar-refractivity contribution in [2.45, 2.75) is 52.9 Å². The first-order valence-electron chi connectivity index (χ1n) is 10.2. The molecule has 3 rings (SSSR count). The quantitative estimate of drug-likeness (QED) is 0.675. The van der Waals surface area contributed by atoms with Gasteiger partial charge in [-0.05, 0) is 37.5 Å². The summed E-state index contributed by atoms with van der Waals surface area (Å²) in [5.74, 6) is 0.0530. The van der Waals surface area contributed by atoms with Gasteiger partial charge in [-0.2, -0.15) is 13.2 Å². The Balaban J connectivity index is 1.77. The highest BCUT2D eigenvalue weighted by atomic mass is 19.4. The Morgan fingerprint density at radius 2 is 2.00 bits per heavy atom.